The molecule has 1 heterocycles. The van der Waals surface area contributed by atoms with Crippen molar-refractivity contribution in [2.45, 2.75) is 39.3 Å². The molecule has 4 nitrogen and oxygen atoms in total. The Kier molecular flexibility index (Phi) is 6.32. The molecule has 3 rings (SSSR count). The maximum absolute atomic E-state index is 13.3. The van der Waals surface area contributed by atoms with Crippen molar-refractivity contribution in [2.24, 2.45) is 0 Å². The summed E-state index contributed by atoms with van der Waals surface area (Å²) in [5.74, 6) is -0.400. The summed E-state index contributed by atoms with van der Waals surface area (Å²) < 4.78 is 6.92. The fraction of sp³-hybridized carbons (Fsp3) is 0.304. The number of hydrogen-bond acceptors (Lipinski definition) is 3. The summed E-state index contributed by atoms with van der Waals surface area (Å²) in [5, 5.41) is 2.09. The van der Waals surface area contributed by atoms with Crippen LogP contribution in [0.4, 0.5) is 0 Å². The van der Waals surface area contributed by atoms with Crippen molar-refractivity contribution in [3.63, 3.8) is 0 Å². The molecule has 0 fully saturated rings. The summed E-state index contributed by atoms with van der Waals surface area (Å²) in [6, 6.07) is 13.3. The highest BCUT2D eigenvalue weighted by molar-refractivity contribution is 6.30. The van der Waals surface area contributed by atoms with Crippen LogP contribution in [0.15, 0.2) is 47.3 Å². The molecule has 1 unspecified atom stereocenters. The third-order valence-electron chi connectivity index (χ3n) is 4.97. The molecule has 0 spiro atoms. The first-order valence-electron chi connectivity index (χ1n) is 9.39. The van der Waals surface area contributed by atoms with Crippen LogP contribution in [-0.2, 0) is 16.3 Å². The largest absolute Gasteiger partial charge is 0.364 e. The number of halogens is 1. The van der Waals surface area contributed by atoms with E-state index < -0.39 is 5.92 Å². The fourth-order valence-corrected chi connectivity index (χ4v) is 3.85. The van der Waals surface area contributed by atoms with Gasteiger partial charge in [-0.05, 0) is 42.5 Å². The van der Waals surface area contributed by atoms with Crippen LogP contribution in [0, 0.1) is 6.92 Å². The Hall–Kier alpha value is -2.43. The van der Waals surface area contributed by atoms with E-state index in [1.165, 1.54) is 0 Å². The van der Waals surface area contributed by atoms with Gasteiger partial charge in [-0.3, -0.25) is 9.36 Å². The molecule has 0 aliphatic rings. The lowest BCUT2D eigenvalue weighted by Gasteiger charge is -2.23. The Bertz CT molecular complexity index is 1050. The van der Waals surface area contributed by atoms with E-state index >= 15 is 0 Å². The zero-order valence-electron chi connectivity index (χ0n) is 16.4. The van der Waals surface area contributed by atoms with Crippen molar-refractivity contribution >= 4 is 28.7 Å². The van der Waals surface area contributed by atoms with Gasteiger partial charge in [0.2, 0.25) is 0 Å². The van der Waals surface area contributed by atoms with Gasteiger partial charge in [0.05, 0.1) is 5.92 Å². The number of hydrogen-bond donors (Lipinski definition) is 0. The third-order valence-corrected chi connectivity index (χ3v) is 5.23. The molecule has 0 aliphatic carbocycles. The quantitative estimate of drug-likeness (QED) is 0.507. The van der Waals surface area contributed by atoms with Crippen molar-refractivity contribution in [3.8, 4) is 11.1 Å². The summed E-state index contributed by atoms with van der Waals surface area (Å²) >= 11 is 6.10. The molecule has 0 amide bonds. The number of nitrogens with zero attached hydrogens (tertiary/aromatic N) is 1. The number of methoxy groups -OCH3 is 1. The average molecular weight is 398 g/mol. The zero-order chi connectivity index (χ0) is 20.3. The summed E-state index contributed by atoms with van der Waals surface area (Å²) in [4.78, 5) is 25.3. The predicted molar refractivity (Wildman–Crippen MR) is 114 cm³/mol. The third kappa shape index (κ3) is 3.75. The average Bonchev–Trinajstić information content (AvgIpc) is 2.69. The first-order chi connectivity index (χ1) is 13.5. The van der Waals surface area contributed by atoms with Gasteiger partial charge in [0.1, 0.15) is 13.0 Å². The molecule has 1 atom stereocenters. The molecule has 5 heteroatoms. The molecule has 2 aromatic carbocycles. The van der Waals surface area contributed by atoms with Crippen LogP contribution in [0.5, 0.6) is 0 Å². The second-order valence-electron chi connectivity index (χ2n) is 7.00. The number of aryl methyl sites for hydroxylation is 1. The molecule has 146 valence electrons. The maximum Gasteiger partial charge on any atom is 0.260 e. The van der Waals surface area contributed by atoms with Crippen LogP contribution in [0.25, 0.3) is 21.9 Å². The smallest absolute Gasteiger partial charge is 0.260 e. The van der Waals surface area contributed by atoms with Crippen LogP contribution in [0.2, 0.25) is 5.02 Å². The Balaban J connectivity index is 2.51. The Labute approximate surface area is 169 Å². The van der Waals surface area contributed by atoms with Crippen LogP contribution >= 0.6 is 11.6 Å². The highest BCUT2D eigenvalue weighted by atomic mass is 35.5. The lowest BCUT2D eigenvalue weighted by Crippen LogP contribution is -2.28. The van der Waals surface area contributed by atoms with E-state index in [0.717, 1.165) is 34.8 Å². The van der Waals surface area contributed by atoms with E-state index in [0.29, 0.717) is 22.5 Å². The van der Waals surface area contributed by atoms with Crippen LogP contribution in [0.1, 0.15) is 36.9 Å². The van der Waals surface area contributed by atoms with E-state index in [9.17, 15) is 9.59 Å². The molecule has 1 aromatic heterocycles. The molecule has 3 aromatic rings. The zero-order valence-corrected chi connectivity index (χ0v) is 17.1. The minimum atomic E-state index is -0.400. The fourth-order valence-electron chi connectivity index (χ4n) is 3.72. The van der Waals surface area contributed by atoms with Crippen molar-refractivity contribution in [3.05, 3.63) is 69.1 Å². The van der Waals surface area contributed by atoms with E-state index in [2.05, 4.69) is 0 Å². The van der Waals surface area contributed by atoms with Crippen LogP contribution < -0.4 is 5.56 Å². The topological polar surface area (TPSA) is 48.3 Å². The molecule has 0 saturated heterocycles. The highest BCUT2D eigenvalue weighted by Crippen LogP contribution is 2.36. The van der Waals surface area contributed by atoms with Gasteiger partial charge in [-0.25, -0.2) is 0 Å². The summed E-state index contributed by atoms with van der Waals surface area (Å²) in [6.07, 6.45) is 2.42. The number of aldehydes is 1. The van der Waals surface area contributed by atoms with Gasteiger partial charge in [-0.1, -0.05) is 54.8 Å². The summed E-state index contributed by atoms with van der Waals surface area (Å²) in [6.45, 7) is 4.11. The van der Waals surface area contributed by atoms with Crippen molar-refractivity contribution in [2.75, 3.05) is 7.11 Å². The van der Waals surface area contributed by atoms with E-state index in [-0.39, 0.29) is 12.3 Å². The number of ether oxygens (including phenoxy) is 1. The lowest BCUT2D eigenvalue weighted by molar-refractivity contribution is -0.109. The van der Waals surface area contributed by atoms with Crippen LogP contribution in [-0.4, -0.2) is 18.0 Å². The standard InChI is InChI=1S/C23H24ClNO3/c1-4-5-17(13-26)22-21(16-7-9-18(24)10-8-16)20-12-15(2)6-11-19(20)23(27)25(22)14-28-3/h6-13,17H,4-5,14H2,1-3H3. The van der Waals surface area contributed by atoms with Gasteiger partial charge in [0.15, 0.2) is 0 Å². The Morgan fingerprint density at radius 3 is 2.46 bits per heavy atom. The molecular formula is C23H24ClNO3. The first kappa shape index (κ1) is 20.3. The van der Waals surface area contributed by atoms with Crippen molar-refractivity contribution in [1.29, 1.82) is 0 Å². The van der Waals surface area contributed by atoms with E-state index in [1.54, 1.807) is 11.7 Å². The van der Waals surface area contributed by atoms with E-state index in [1.807, 2.05) is 56.3 Å². The summed E-state index contributed by atoms with van der Waals surface area (Å²) in [5.41, 5.74) is 3.41. The summed E-state index contributed by atoms with van der Waals surface area (Å²) in [7, 11) is 1.55. The number of pyridine rings is 1. The molecule has 0 bridgehead atoms. The molecule has 0 aliphatic heterocycles. The van der Waals surface area contributed by atoms with Gasteiger partial charge >= 0.3 is 0 Å². The number of carbonyl (C=O) groups excluding carboxylic acids is 1. The molecule has 28 heavy (non-hydrogen) atoms. The molecule has 0 N–H and O–H groups in total. The Morgan fingerprint density at radius 2 is 1.86 bits per heavy atom. The number of fused-ring (bicyclic) bond motifs is 1. The number of carbonyl (C=O) groups is 1. The van der Waals surface area contributed by atoms with E-state index in [4.69, 9.17) is 16.3 Å². The molecule has 0 saturated carbocycles. The van der Waals surface area contributed by atoms with Gasteiger partial charge in [0.25, 0.3) is 5.56 Å². The second kappa shape index (κ2) is 8.72. The Morgan fingerprint density at radius 1 is 1.14 bits per heavy atom. The monoisotopic (exact) mass is 397 g/mol. The first-order valence-corrected chi connectivity index (χ1v) is 9.76. The molecular weight excluding hydrogens is 374 g/mol. The van der Waals surface area contributed by atoms with Gasteiger partial charge in [-0.15, -0.1) is 0 Å². The van der Waals surface area contributed by atoms with Gasteiger partial charge in [0, 0.05) is 28.8 Å². The van der Waals surface area contributed by atoms with Crippen LogP contribution in [0.3, 0.4) is 0 Å². The minimum absolute atomic E-state index is 0.0899. The SMILES string of the molecule is CCCC(C=O)c1c(-c2ccc(Cl)cc2)c2cc(C)ccc2c(=O)n1COC. The second-order valence-corrected chi connectivity index (χ2v) is 7.43. The normalized spacial score (nSPS) is 12.3. The van der Waals surface area contributed by atoms with Crippen molar-refractivity contribution < 1.29 is 9.53 Å². The van der Waals surface area contributed by atoms with Crippen molar-refractivity contribution in [1.82, 2.24) is 4.57 Å². The van der Waals surface area contributed by atoms with Gasteiger partial charge in [-0.2, -0.15) is 0 Å². The lowest BCUT2D eigenvalue weighted by atomic mass is 9.89. The number of rotatable bonds is 7. The minimum Gasteiger partial charge on any atom is -0.364 e. The highest BCUT2D eigenvalue weighted by Gasteiger charge is 2.24. The molecule has 0 radical (unpaired) electrons. The van der Waals surface area contributed by atoms with Gasteiger partial charge < -0.3 is 9.53 Å². The maximum atomic E-state index is 13.3. The number of aromatic nitrogens is 1. The number of benzene rings is 2. The predicted octanol–water partition coefficient (Wildman–Crippen LogP) is 5.32.